The van der Waals surface area contributed by atoms with Gasteiger partial charge in [0.25, 0.3) is 0 Å². The van der Waals surface area contributed by atoms with Gasteiger partial charge in [-0.25, -0.2) is 0 Å². The van der Waals surface area contributed by atoms with E-state index >= 15 is 0 Å². The average molecular weight is 114 g/mol. The highest BCUT2D eigenvalue weighted by atomic mass is 16.5. The highest BCUT2D eigenvalue weighted by Gasteiger charge is 2.12. The van der Waals surface area contributed by atoms with Crippen LogP contribution in [0.3, 0.4) is 0 Å². The maximum atomic E-state index is 5.24. The van der Waals surface area contributed by atoms with Crippen LogP contribution in [0.2, 0.25) is 0 Å². The van der Waals surface area contributed by atoms with E-state index in [1.165, 1.54) is 6.42 Å². The SMILES string of the molecule is [CH2]CNC1CCCO1. The van der Waals surface area contributed by atoms with E-state index < -0.39 is 0 Å². The van der Waals surface area contributed by atoms with Gasteiger partial charge in [-0.2, -0.15) is 0 Å². The van der Waals surface area contributed by atoms with Crippen LogP contribution in [-0.2, 0) is 4.74 Å². The summed E-state index contributed by atoms with van der Waals surface area (Å²) in [6, 6.07) is 0. The van der Waals surface area contributed by atoms with Gasteiger partial charge in [-0.15, -0.1) is 0 Å². The Hall–Kier alpha value is -0.0800. The van der Waals surface area contributed by atoms with Gasteiger partial charge in [0.1, 0.15) is 6.23 Å². The first-order valence-electron chi connectivity index (χ1n) is 3.07. The van der Waals surface area contributed by atoms with Gasteiger partial charge in [-0.3, -0.25) is 5.32 Å². The third-order valence-corrected chi connectivity index (χ3v) is 1.30. The topological polar surface area (TPSA) is 21.3 Å². The fourth-order valence-electron chi connectivity index (χ4n) is 0.900. The third-order valence-electron chi connectivity index (χ3n) is 1.30. The van der Waals surface area contributed by atoms with Gasteiger partial charge in [0.2, 0.25) is 0 Å². The molecule has 2 nitrogen and oxygen atoms in total. The summed E-state index contributed by atoms with van der Waals surface area (Å²) in [7, 11) is 0. The zero-order valence-electron chi connectivity index (χ0n) is 5.02. The van der Waals surface area contributed by atoms with Crippen molar-refractivity contribution in [3.8, 4) is 0 Å². The Bertz CT molecular complexity index is 59.5. The summed E-state index contributed by atoms with van der Waals surface area (Å²) in [4.78, 5) is 0. The predicted molar refractivity (Wildman–Crippen MR) is 32.3 cm³/mol. The van der Waals surface area contributed by atoms with Gasteiger partial charge in [-0.1, -0.05) is 0 Å². The van der Waals surface area contributed by atoms with E-state index in [-0.39, 0.29) is 0 Å². The highest BCUT2D eigenvalue weighted by Crippen LogP contribution is 2.07. The van der Waals surface area contributed by atoms with Crippen LogP contribution in [0, 0.1) is 6.92 Å². The molecule has 0 aliphatic carbocycles. The van der Waals surface area contributed by atoms with Crippen molar-refractivity contribution in [3.05, 3.63) is 6.92 Å². The van der Waals surface area contributed by atoms with Gasteiger partial charge >= 0.3 is 0 Å². The van der Waals surface area contributed by atoms with Gasteiger partial charge in [0, 0.05) is 6.61 Å². The van der Waals surface area contributed by atoms with Crippen LogP contribution in [-0.4, -0.2) is 19.4 Å². The molecule has 0 aromatic heterocycles. The zero-order valence-corrected chi connectivity index (χ0v) is 5.02. The molecule has 0 bridgehead atoms. The van der Waals surface area contributed by atoms with Crippen LogP contribution in [0.15, 0.2) is 0 Å². The first kappa shape index (κ1) is 6.05. The standard InChI is InChI=1S/C6H12NO/c1-2-7-6-4-3-5-8-6/h6-7H,1-5H2. The van der Waals surface area contributed by atoms with Crippen LogP contribution in [0.1, 0.15) is 12.8 Å². The summed E-state index contributed by atoms with van der Waals surface area (Å²) >= 11 is 0. The van der Waals surface area contributed by atoms with Crippen molar-refractivity contribution in [2.45, 2.75) is 19.1 Å². The molecule has 1 N–H and O–H groups in total. The maximum Gasteiger partial charge on any atom is 0.108 e. The molecule has 1 atom stereocenters. The summed E-state index contributed by atoms with van der Waals surface area (Å²) < 4.78 is 5.24. The molecule has 1 unspecified atom stereocenters. The Morgan fingerprint density at radius 2 is 2.62 bits per heavy atom. The van der Waals surface area contributed by atoms with E-state index in [0.29, 0.717) is 6.23 Å². The Labute approximate surface area is 50.2 Å². The molecule has 0 saturated carbocycles. The van der Waals surface area contributed by atoms with Crippen LogP contribution >= 0.6 is 0 Å². The van der Waals surface area contributed by atoms with Crippen molar-refractivity contribution in [2.75, 3.05) is 13.2 Å². The van der Waals surface area contributed by atoms with E-state index in [0.717, 1.165) is 19.6 Å². The molecule has 1 saturated heterocycles. The van der Waals surface area contributed by atoms with Crippen molar-refractivity contribution in [3.63, 3.8) is 0 Å². The fraction of sp³-hybridized carbons (Fsp3) is 0.833. The zero-order chi connectivity index (χ0) is 5.82. The van der Waals surface area contributed by atoms with Crippen LogP contribution in [0.25, 0.3) is 0 Å². The smallest absolute Gasteiger partial charge is 0.108 e. The summed E-state index contributed by atoms with van der Waals surface area (Å²) in [6.07, 6.45) is 2.64. The summed E-state index contributed by atoms with van der Waals surface area (Å²) in [5, 5.41) is 3.11. The average Bonchev–Trinajstić information content (AvgIpc) is 2.19. The van der Waals surface area contributed by atoms with Crippen LogP contribution < -0.4 is 5.32 Å². The van der Waals surface area contributed by atoms with Gasteiger partial charge in [0.05, 0.1) is 0 Å². The molecule has 1 heterocycles. The summed E-state index contributed by atoms with van der Waals surface area (Å²) in [5.74, 6) is 0. The lowest BCUT2D eigenvalue weighted by Crippen LogP contribution is -2.27. The van der Waals surface area contributed by atoms with Gasteiger partial charge in [-0.05, 0) is 26.3 Å². The fourth-order valence-corrected chi connectivity index (χ4v) is 0.900. The van der Waals surface area contributed by atoms with Gasteiger partial charge < -0.3 is 4.74 Å². The molecular weight excluding hydrogens is 102 g/mol. The minimum atomic E-state index is 0.299. The van der Waals surface area contributed by atoms with E-state index in [1.807, 2.05) is 0 Å². The molecule has 0 spiro atoms. The minimum absolute atomic E-state index is 0.299. The Morgan fingerprint density at radius 1 is 1.75 bits per heavy atom. The van der Waals surface area contributed by atoms with E-state index in [2.05, 4.69) is 12.2 Å². The predicted octanol–water partition coefficient (Wildman–Crippen LogP) is 0.547. The molecule has 1 rings (SSSR count). The van der Waals surface area contributed by atoms with E-state index in [1.54, 1.807) is 0 Å². The molecule has 1 fully saturated rings. The Kier molecular flexibility index (Phi) is 2.30. The quantitative estimate of drug-likeness (QED) is 0.566. The van der Waals surface area contributed by atoms with Crippen molar-refractivity contribution < 1.29 is 4.74 Å². The van der Waals surface area contributed by atoms with E-state index in [4.69, 9.17) is 4.74 Å². The molecule has 0 aromatic rings. The highest BCUT2D eigenvalue weighted by molar-refractivity contribution is 4.62. The molecule has 1 radical (unpaired) electrons. The minimum Gasteiger partial charge on any atom is -0.363 e. The lowest BCUT2D eigenvalue weighted by molar-refractivity contribution is 0.0872. The number of rotatable bonds is 2. The van der Waals surface area contributed by atoms with Crippen molar-refractivity contribution >= 4 is 0 Å². The lowest BCUT2D eigenvalue weighted by atomic mass is 10.3. The first-order chi connectivity index (χ1) is 3.93. The van der Waals surface area contributed by atoms with Crippen molar-refractivity contribution in [2.24, 2.45) is 0 Å². The molecule has 0 aromatic carbocycles. The first-order valence-corrected chi connectivity index (χ1v) is 3.07. The number of hydrogen-bond acceptors (Lipinski definition) is 2. The third kappa shape index (κ3) is 1.46. The maximum absolute atomic E-state index is 5.24. The monoisotopic (exact) mass is 114 g/mol. The van der Waals surface area contributed by atoms with Gasteiger partial charge in [0.15, 0.2) is 0 Å². The summed E-state index contributed by atoms with van der Waals surface area (Å²) in [5.41, 5.74) is 0. The van der Waals surface area contributed by atoms with Crippen LogP contribution in [0.4, 0.5) is 0 Å². The Balaban J connectivity index is 2.06. The van der Waals surface area contributed by atoms with Crippen LogP contribution in [0.5, 0.6) is 0 Å². The van der Waals surface area contributed by atoms with Crippen molar-refractivity contribution in [1.29, 1.82) is 0 Å². The molecule has 1 aliphatic rings. The molecule has 0 amide bonds. The molecular formula is C6H12NO. The molecule has 47 valence electrons. The second kappa shape index (κ2) is 3.05. The normalized spacial score (nSPS) is 28.9. The second-order valence-electron chi connectivity index (χ2n) is 1.96. The number of hydrogen-bond donors (Lipinski definition) is 1. The van der Waals surface area contributed by atoms with Crippen molar-refractivity contribution in [1.82, 2.24) is 5.32 Å². The number of nitrogens with one attached hydrogen (secondary N) is 1. The molecule has 1 aliphatic heterocycles. The molecule has 2 heteroatoms. The molecule has 8 heavy (non-hydrogen) atoms. The Morgan fingerprint density at radius 3 is 3.12 bits per heavy atom. The largest absolute Gasteiger partial charge is 0.363 e. The second-order valence-corrected chi connectivity index (χ2v) is 1.96. The summed E-state index contributed by atoms with van der Waals surface area (Å²) in [6.45, 7) is 5.34. The number of ether oxygens (including phenoxy) is 1. The lowest BCUT2D eigenvalue weighted by Gasteiger charge is -2.07. The van der Waals surface area contributed by atoms with E-state index in [9.17, 15) is 0 Å².